The summed E-state index contributed by atoms with van der Waals surface area (Å²) in [4.78, 5) is 18.9. The Morgan fingerprint density at radius 3 is 3.05 bits per heavy atom. The fraction of sp³-hybridized carbons (Fsp3) is 0.467. The van der Waals surface area contributed by atoms with Crippen molar-refractivity contribution in [1.82, 2.24) is 19.8 Å². The normalized spacial score (nSPS) is 16.4. The Balaban J connectivity index is 1.81. The van der Waals surface area contributed by atoms with E-state index in [2.05, 4.69) is 10.3 Å². The molecule has 1 fully saturated rings. The molecule has 20 heavy (non-hydrogen) atoms. The van der Waals surface area contributed by atoms with Gasteiger partial charge in [-0.25, -0.2) is 4.98 Å². The number of carbonyl (C=O) groups excluding carboxylic acids is 1. The van der Waals surface area contributed by atoms with Crippen molar-refractivity contribution in [3.63, 3.8) is 0 Å². The van der Waals surface area contributed by atoms with E-state index in [-0.39, 0.29) is 5.91 Å². The predicted octanol–water partition coefficient (Wildman–Crippen LogP) is 1.17. The Labute approximate surface area is 118 Å². The molecule has 1 N–H and O–H groups in total. The third-order valence-electron chi connectivity index (χ3n) is 3.83. The zero-order chi connectivity index (χ0) is 13.9. The Hall–Kier alpha value is -1.88. The highest BCUT2D eigenvalue weighted by Crippen LogP contribution is 2.15. The minimum atomic E-state index is 0.181. The highest BCUT2D eigenvalue weighted by molar-refractivity contribution is 5.81. The molecule has 0 bridgehead atoms. The second-order valence-corrected chi connectivity index (χ2v) is 5.22. The number of carbonyl (C=O) groups is 1. The van der Waals surface area contributed by atoms with Crippen LogP contribution in [0.4, 0.5) is 0 Å². The molecule has 0 unspecified atom stereocenters. The van der Waals surface area contributed by atoms with Gasteiger partial charge in [0, 0.05) is 19.6 Å². The summed E-state index contributed by atoms with van der Waals surface area (Å²) in [5, 5.41) is 3.32. The van der Waals surface area contributed by atoms with Crippen LogP contribution in [0.2, 0.25) is 0 Å². The van der Waals surface area contributed by atoms with Crippen molar-refractivity contribution in [2.75, 3.05) is 26.2 Å². The fourth-order valence-electron chi connectivity index (χ4n) is 2.73. The lowest BCUT2D eigenvalue weighted by molar-refractivity contribution is -0.131. The first-order chi connectivity index (χ1) is 9.75. The number of rotatable bonds is 2. The standard InChI is InChI=1S/C15H20N4O/c1-12-17-13-5-2-3-6-14(13)19(12)11-15(20)18-9-4-7-16-8-10-18/h2-3,5-6,16H,4,7-11H2,1H3. The van der Waals surface area contributed by atoms with E-state index < -0.39 is 0 Å². The first kappa shape index (κ1) is 13.1. The molecule has 106 valence electrons. The molecular weight excluding hydrogens is 252 g/mol. The van der Waals surface area contributed by atoms with E-state index in [0.29, 0.717) is 6.54 Å². The molecule has 0 saturated carbocycles. The smallest absolute Gasteiger partial charge is 0.242 e. The molecule has 0 atom stereocenters. The van der Waals surface area contributed by atoms with Gasteiger partial charge < -0.3 is 14.8 Å². The molecule has 1 aromatic heterocycles. The minimum absolute atomic E-state index is 0.181. The Kier molecular flexibility index (Phi) is 3.69. The highest BCUT2D eigenvalue weighted by Gasteiger charge is 2.17. The molecule has 5 heteroatoms. The van der Waals surface area contributed by atoms with Gasteiger partial charge in [-0.15, -0.1) is 0 Å². The molecule has 2 heterocycles. The van der Waals surface area contributed by atoms with E-state index in [9.17, 15) is 4.79 Å². The molecule has 1 aromatic carbocycles. The summed E-state index contributed by atoms with van der Waals surface area (Å²) in [7, 11) is 0. The van der Waals surface area contributed by atoms with Crippen LogP contribution in [0.3, 0.4) is 0 Å². The van der Waals surface area contributed by atoms with Crippen molar-refractivity contribution in [1.29, 1.82) is 0 Å². The summed E-state index contributed by atoms with van der Waals surface area (Å²) in [6, 6.07) is 7.97. The summed E-state index contributed by atoms with van der Waals surface area (Å²) in [5.41, 5.74) is 1.99. The van der Waals surface area contributed by atoms with Crippen LogP contribution in [0.25, 0.3) is 11.0 Å². The van der Waals surface area contributed by atoms with Crippen LogP contribution in [-0.4, -0.2) is 46.5 Å². The molecule has 0 radical (unpaired) electrons. The van der Waals surface area contributed by atoms with Crippen LogP contribution in [0.5, 0.6) is 0 Å². The summed E-state index contributed by atoms with van der Waals surface area (Å²) in [6.07, 6.45) is 1.02. The van der Waals surface area contributed by atoms with E-state index in [0.717, 1.165) is 49.5 Å². The average Bonchev–Trinajstić information content (AvgIpc) is 2.66. The van der Waals surface area contributed by atoms with Gasteiger partial charge in [0.1, 0.15) is 12.4 Å². The lowest BCUT2D eigenvalue weighted by atomic mass is 10.3. The maximum Gasteiger partial charge on any atom is 0.242 e. The molecule has 1 aliphatic rings. The zero-order valence-electron chi connectivity index (χ0n) is 11.8. The number of hydrogen-bond donors (Lipinski definition) is 1. The molecule has 1 amide bonds. The lowest BCUT2D eigenvalue weighted by Gasteiger charge is -2.20. The largest absolute Gasteiger partial charge is 0.340 e. The topological polar surface area (TPSA) is 50.2 Å². The van der Waals surface area contributed by atoms with E-state index in [1.807, 2.05) is 40.7 Å². The SMILES string of the molecule is Cc1nc2ccccc2n1CC(=O)N1CCCNCC1. The van der Waals surface area contributed by atoms with Crippen LogP contribution < -0.4 is 5.32 Å². The minimum Gasteiger partial charge on any atom is -0.340 e. The summed E-state index contributed by atoms with van der Waals surface area (Å²) in [6.45, 7) is 5.86. The van der Waals surface area contributed by atoms with Gasteiger partial charge in [-0.2, -0.15) is 0 Å². The average molecular weight is 272 g/mol. The lowest BCUT2D eigenvalue weighted by Crippen LogP contribution is -2.36. The molecule has 0 spiro atoms. The van der Waals surface area contributed by atoms with Gasteiger partial charge in [-0.05, 0) is 32.0 Å². The van der Waals surface area contributed by atoms with Gasteiger partial charge in [-0.1, -0.05) is 12.1 Å². The first-order valence-electron chi connectivity index (χ1n) is 7.16. The van der Waals surface area contributed by atoms with Gasteiger partial charge >= 0.3 is 0 Å². The van der Waals surface area contributed by atoms with Gasteiger partial charge in [0.25, 0.3) is 0 Å². The second-order valence-electron chi connectivity index (χ2n) is 5.22. The van der Waals surface area contributed by atoms with Crippen molar-refractivity contribution in [3.8, 4) is 0 Å². The number of aromatic nitrogens is 2. The van der Waals surface area contributed by atoms with Gasteiger partial charge in [0.15, 0.2) is 0 Å². The van der Waals surface area contributed by atoms with E-state index >= 15 is 0 Å². The maximum absolute atomic E-state index is 12.5. The van der Waals surface area contributed by atoms with Crippen LogP contribution in [0.1, 0.15) is 12.2 Å². The number of aryl methyl sites for hydroxylation is 1. The molecule has 3 rings (SSSR count). The van der Waals surface area contributed by atoms with Gasteiger partial charge in [0.05, 0.1) is 11.0 Å². The van der Waals surface area contributed by atoms with Crippen molar-refractivity contribution >= 4 is 16.9 Å². The Bertz CT molecular complexity index is 611. The van der Waals surface area contributed by atoms with Crippen LogP contribution >= 0.6 is 0 Å². The molecule has 1 aliphatic heterocycles. The molecular formula is C15H20N4O. The summed E-state index contributed by atoms with van der Waals surface area (Å²) >= 11 is 0. The van der Waals surface area contributed by atoms with Crippen molar-refractivity contribution < 1.29 is 4.79 Å². The second kappa shape index (κ2) is 5.63. The highest BCUT2D eigenvalue weighted by atomic mass is 16.2. The van der Waals surface area contributed by atoms with Crippen LogP contribution in [0, 0.1) is 6.92 Å². The molecule has 2 aromatic rings. The summed E-state index contributed by atoms with van der Waals surface area (Å²) in [5.74, 6) is 1.08. The zero-order valence-corrected chi connectivity index (χ0v) is 11.8. The number of imidazole rings is 1. The van der Waals surface area contributed by atoms with E-state index in [1.54, 1.807) is 0 Å². The molecule has 0 aliphatic carbocycles. The monoisotopic (exact) mass is 272 g/mol. The number of nitrogens with one attached hydrogen (secondary N) is 1. The molecule has 5 nitrogen and oxygen atoms in total. The number of benzene rings is 1. The summed E-state index contributed by atoms with van der Waals surface area (Å²) < 4.78 is 2.01. The predicted molar refractivity (Wildman–Crippen MR) is 78.5 cm³/mol. The van der Waals surface area contributed by atoms with Gasteiger partial charge in [0.2, 0.25) is 5.91 Å². The quantitative estimate of drug-likeness (QED) is 0.892. The van der Waals surface area contributed by atoms with Crippen LogP contribution in [-0.2, 0) is 11.3 Å². The maximum atomic E-state index is 12.5. The number of nitrogens with zero attached hydrogens (tertiary/aromatic N) is 3. The number of amides is 1. The first-order valence-corrected chi connectivity index (χ1v) is 7.16. The number of para-hydroxylation sites is 2. The Morgan fingerprint density at radius 1 is 1.30 bits per heavy atom. The van der Waals surface area contributed by atoms with Crippen LogP contribution in [0.15, 0.2) is 24.3 Å². The fourth-order valence-corrected chi connectivity index (χ4v) is 2.73. The Morgan fingerprint density at radius 2 is 2.15 bits per heavy atom. The third kappa shape index (κ3) is 2.54. The van der Waals surface area contributed by atoms with E-state index in [1.165, 1.54) is 0 Å². The van der Waals surface area contributed by atoms with Crippen molar-refractivity contribution in [2.45, 2.75) is 19.9 Å². The molecule has 1 saturated heterocycles. The third-order valence-corrected chi connectivity index (χ3v) is 3.83. The van der Waals surface area contributed by atoms with Crippen molar-refractivity contribution in [2.24, 2.45) is 0 Å². The number of hydrogen-bond acceptors (Lipinski definition) is 3. The van der Waals surface area contributed by atoms with Crippen molar-refractivity contribution in [3.05, 3.63) is 30.1 Å². The van der Waals surface area contributed by atoms with E-state index in [4.69, 9.17) is 0 Å². The number of fused-ring (bicyclic) bond motifs is 1. The van der Waals surface area contributed by atoms with Gasteiger partial charge in [-0.3, -0.25) is 4.79 Å².